The fraction of sp³-hybridized carbons (Fsp3) is 1.00. The Bertz CT molecular complexity index is 223. The summed E-state index contributed by atoms with van der Waals surface area (Å²) in [5.74, 6) is 0. The highest BCUT2D eigenvalue weighted by Crippen LogP contribution is 2.28. The topological polar surface area (TPSA) is 27.3 Å². The van der Waals surface area contributed by atoms with Crippen LogP contribution in [-0.2, 0) is 0 Å². The normalized spacial score (nSPS) is 40.9. The molecule has 3 aliphatic heterocycles. The summed E-state index contributed by atoms with van der Waals surface area (Å²) in [6.07, 6.45) is 8.28. The lowest BCUT2D eigenvalue weighted by molar-refractivity contribution is 0.284. The monoisotopic (exact) mass is 223 g/mol. The standard InChI is InChI=1S/C13H25N3/c1-3-11(5-8-14-7-1)15-12-6-10-16-9-2-4-13(12)16/h11-15H,1-10H2. The molecule has 3 heterocycles. The number of nitrogens with one attached hydrogen (secondary N) is 2. The highest BCUT2D eigenvalue weighted by atomic mass is 15.2. The summed E-state index contributed by atoms with van der Waals surface area (Å²) >= 11 is 0. The predicted molar refractivity (Wildman–Crippen MR) is 66.6 cm³/mol. The Morgan fingerprint density at radius 3 is 2.94 bits per heavy atom. The van der Waals surface area contributed by atoms with Crippen molar-refractivity contribution in [3.8, 4) is 0 Å². The minimum atomic E-state index is 0.778. The third-order valence-electron chi connectivity index (χ3n) is 4.63. The summed E-state index contributed by atoms with van der Waals surface area (Å²) in [5, 5.41) is 7.45. The van der Waals surface area contributed by atoms with E-state index in [9.17, 15) is 0 Å². The van der Waals surface area contributed by atoms with Gasteiger partial charge in [-0.2, -0.15) is 0 Å². The Hall–Kier alpha value is -0.120. The summed E-state index contributed by atoms with van der Waals surface area (Å²) in [4.78, 5) is 2.70. The first-order valence-corrected chi connectivity index (χ1v) is 7.14. The molecule has 0 aromatic rings. The fourth-order valence-corrected chi connectivity index (χ4v) is 3.77. The van der Waals surface area contributed by atoms with E-state index >= 15 is 0 Å². The third-order valence-corrected chi connectivity index (χ3v) is 4.63. The van der Waals surface area contributed by atoms with Crippen LogP contribution in [0.1, 0.15) is 38.5 Å². The van der Waals surface area contributed by atoms with Crippen LogP contribution in [0.4, 0.5) is 0 Å². The lowest BCUT2D eigenvalue weighted by Crippen LogP contribution is -2.44. The van der Waals surface area contributed by atoms with Crippen molar-refractivity contribution >= 4 is 0 Å². The van der Waals surface area contributed by atoms with Crippen LogP contribution in [0.2, 0.25) is 0 Å². The number of nitrogens with zero attached hydrogens (tertiary/aromatic N) is 1. The lowest BCUT2D eigenvalue weighted by atomic mass is 10.0. The average Bonchev–Trinajstić information content (AvgIpc) is 2.78. The first-order valence-electron chi connectivity index (χ1n) is 7.14. The van der Waals surface area contributed by atoms with Gasteiger partial charge in [0.15, 0.2) is 0 Å². The van der Waals surface area contributed by atoms with Crippen molar-refractivity contribution < 1.29 is 0 Å². The highest BCUT2D eigenvalue weighted by Gasteiger charge is 2.37. The molecule has 0 bridgehead atoms. The molecule has 0 aromatic carbocycles. The zero-order valence-electron chi connectivity index (χ0n) is 10.3. The Balaban J connectivity index is 1.53. The molecule has 3 aliphatic rings. The van der Waals surface area contributed by atoms with Crippen LogP contribution in [0.15, 0.2) is 0 Å². The van der Waals surface area contributed by atoms with E-state index in [1.165, 1.54) is 64.7 Å². The quantitative estimate of drug-likeness (QED) is 0.730. The second-order valence-electron chi connectivity index (χ2n) is 5.69. The van der Waals surface area contributed by atoms with Crippen LogP contribution in [0.25, 0.3) is 0 Å². The van der Waals surface area contributed by atoms with Gasteiger partial charge in [0.1, 0.15) is 0 Å². The van der Waals surface area contributed by atoms with E-state index in [1.54, 1.807) is 0 Å². The molecule has 3 atom stereocenters. The molecular weight excluding hydrogens is 198 g/mol. The van der Waals surface area contributed by atoms with E-state index in [4.69, 9.17) is 0 Å². The number of hydrogen-bond donors (Lipinski definition) is 2. The van der Waals surface area contributed by atoms with E-state index in [0.717, 1.165) is 18.1 Å². The molecule has 3 rings (SSSR count). The molecule has 0 spiro atoms. The Morgan fingerprint density at radius 1 is 0.938 bits per heavy atom. The smallest absolute Gasteiger partial charge is 0.0250 e. The second-order valence-corrected chi connectivity index (χ2v) is 5.69. The van der Waals surface area contributed by atoms with E-state index < -0.39 is 0 Å². The van der Waals surface area contributed by atoms with Crippen molar-refractivity contribution in [2.24, 2.45) is 0 Å². The molecule has 0 aliphatic carbocycles. The largest absolute Gasteiger partial charge is 0.317 e. The van der Waals surface area contributed by atoms with Crippen molar-refractivity contribution in [3.05, 3.63) is 0 Å². The van der Waals surface area contributed by atoms with Crippen LogP contribution >= 0.6 is 0 Å². The van der Waals surface area contributed by atoms with Gasteiger partial charge in [0.05, 0.1) is 0 Å². The maximum atomic E-state index is 3.95. The van der Waals surface area contributed by atoms with Gasteiger partial charge < -0.3 is 10.6 Å². The molecular formula is C13H25N3. The van der Waals surface area contributed by atoms with Gasteiger partial charge in [0.25, 0.3) is 0 Å². The first-order chi connectivity index (χ1) is 7.93. The van der Waals surface area contributed by atoms with Crippen molar-refractivity contribution in [2.75, 3.05) is 26.2 Å². The molecule has 0 radical (unpaired) electrons. The van der Waals surface area contributed by atoms with Gasteiger partial charge >= 0.3 is 0 Å². The average molecular weight is 223 g/mol. The molecule has 3 nitrogen and oxygen atoms in total. The van der Waals surface area contributed by atoms with Gasteiger partial charge in [-0.1, -0.05) is 0 Å². The molecule has 3 heteroatoms. The molecule has 0 saturated carbocycles. The van der Waals surface area contributed by atoms with E-state index in [2.05, 4.69) is 15.5 Å². The number of hydrogen-bond acceptors (Lipinski definition) is 3. The summed E-state index contributed by atoms with van der Waals surface area (Å²) < 4.78 is 0. The summed E-state index contributed by atoms with van der Waals surface area (Å²) in [6, 6.07) is 2.45. The zero-order chi connectivity index (χ0) is 10.8. The zero-order valence-corrected chi connectivity index (χ0v) is 10.3. The molecule has 0 amide bonds. The van der Waals surface area contributed by atoms with Crippen LogP contribution < -0.4 is 10.6 Å². The molecule has 2 N–H and O–H groups in total. The number of rotatable bonds is 2. The summed E-state index contributed by atoms with van der Waals surface area (Å²) in [6.45, 7) is 5.12. The Morgan fingerprint density at radius 2 is 1.94 bits per heavy atom. The van der Waals surface area contributed by atoms with Gasteiger partial charge in [-0.15, -0.1) is 0 Å². The van der Waals surface area contributed by atoms with Gasteiger partial charge in [0.2, 0.25) is 0 Å². The van der Waals surface area contributed by atoms with E-state index in [1.807, 2.05) is 0 Å². The van der Waals surface area contributed by atoms with E-state index in [0.29, 0.717) is 0 Å². The van der Waals surface area contributed by atoms with Crippen LogP contribution in [0, 0.1) is 0 Å². The van der Waals surface area contributed by atoms with Gasteiger partial charge in [-0.05, 0) is 58.2 Å². The number of fused-ring (bicyclic) bond motifs is 1. The van der Waals surface area contributed by atoms with Gasteiger partial charge in [-0.25, -0.2) is 0 Å². The molecule has 3 unspecified atom stereocenters. The maximum absolute atomic E-state index is 3.95. The van der Waals surface area contributed by atoms with E-state index in [-0.39, 0.29) is 0 Å². The molecule has 92 valence electrons. The lowest BCUT2D eigenvalue weighted by Gasteiger charge is -2.26. The Labute approximate surface area is 99.0 Å². The van der Waals surface area contributed by atoms with Crippen LogP contribution in [0.5, 0.6) is 0 Å². The first kappa shape index (κ1) is 11.0. The fourth-order valence-electron chi connectivity index (χ4n) is 3.77. The summed E-state index contributed by atoms with van der Waals surface area (Å²) in [7, 11) is 0. The van der Waals surface area contributed by atoms with Gasteiger partial charge in [0, 0.05) is 24.7 Å². The van der Waals surface area contributed by atoms with Crippen molar-refractivity contribution in [2.45, 2.75) is 56.7 Å². The minimum absolute atomic E-state index is 0.778. The SMILES string of the molecule is C1CNCCC(NC2CCN3CCCC23)C1. The summed E-state index contributed by atoms with van der Waals surface area (Å²) in [5.41, 5.74) is 0. The maximum Gasteiger partial charge on any atom is 0.0250 e. The van der Waals surface area contributed by atoms with Crippen molar-refractivity contribution in [3.63, 3.8) is 0 Å². The molecule has 0 aromatic heterocycles. The highest BCUT2D eigenvalue weighted by molar-refractivity contribution is 4.96. The Kier molecular flexibility index (Phi) is 3.46. The second kappa shape index (κ2) is 5.03. The van der Waals surface area contributed by atoms with Crippen LogP contribution in [-0.4, -0.2) is 49.2 Å². The van der Waals surface area contributed by atoms with Crippen LogP contribution in [0.3, 0.4) is 0 Å². The molecule has 16 heavy (non-hydrogen) atoms. The predicted octanol–water partition coefficient (Wildman–Crippen LogP) is 0.955. The van der Waals surface area contributed by atoms with Gasteiger partial charge in [-0.3, -0.25) is 4.90 Å². The molecule has 3 fully saturated rings. The third kappa shape index (κ3) is 2.27. The molecule has 3 saturated heterocycles. The minimum Gasteiger partial charge on any atom is -0.317 e. The van der Waals surface area contributed by atoms with Crippen molar-refractivity contribution in [1.82, 2.24) is 15.5 Å². The van der Waals surface area contributed by atoms with Crippen molar-refractivity contribution in [1.29, 1.82) is 0 Å².